The Hall–Kier alpha value is -4.05. The number of ether oxygens (including phenoxy) is 4. The largest absolute Gasteiger partial charge is 0.477 e. The maximum atomic E-state index is 12.9. The number of rotatable bonds is 58. The monoisotopic (exact) mass is 1100 g/mol. The van der Waals surface area contributed by atoms with Crippen LogP contribution in [0.4, 0.5) is 0 Å². The number of carbonyl (C=O) groups excluding carboxylic acids is 2. The quantitative estimate of drug-likeness (QED) is 0.0211. The van der Waals surface area contributed by atoms with Gasteiger partial charge in [-0.2, -0.15) is 0 Å². The van der Waals surface area contributed by atoms with E-state index in [4.69, 9.17) is 18.9 Å². The maximum Gasteiger partial charge on any atom is 0.361 e. The number of carbonyl (C=O) groups is 3. The highest BCUT2D eigenvalue weighted by Crippen LogP contribution is 2.17. The zero-order valence-electron chi connectivity index (χ0n) is 51.5. The van der Waals surface area contributed by atoms with E-state index < -0.39 is 24.3 Å². The zero-order valence-corrected chi connectivity index (χ0v) is 51.5. The highest BCUT2D eigenvalue weighted by Gasteiger charge is 2.25. The van der Waals surface area contributed by atoms with Gasteiger partial charge < -0.3 is 28.5 Å². The summed E-state index contributed by atoms with van der Waals surface area (Å²) in [7, 11) is 5.96. The Bertz CT molecular complexity index is 1660. The van der Waals surface area contributed by atoms with E-state index in [2.05, 4.69) is 123 Å². The second-order valence-electron chi connectivity index (χ2n) is 22.3. The number of likely N-dealkylation sites (N-methyl/N-ethyl adjacent to an activating group) is 1. The van der Waals surface area contributed by atoms with E-state index in [1.807, 2.05) is 21.1 Å². The van der Waals surface area contributed by atoms with Crippen LogP contribution in [0.2, 0.25) is 0 Å². The molecular formula is C70H120NO8+. The first-order chi connectivity index (χ1) is 38.6. The van der Waals surface area contributed by atoms with Crippen molar-refractivity contribution in [1.29, 1.82) is 0 Å². The summed E-state index contributed by atoms with van der Waals surface area (Å²) in [6.45, 7) is 4.63. The van der Waals surface area contributed by atoms with Crippen LogP contribution in [0.1, 0.15) is 258 Å². The van der Waals surface area contributed by atoms with Gasteiger partial charge in [0.2, 0.25) is 0 Å². The fourth-order valence-corrected chi connectivity index (χ4v) is 8.68. The van der Waals surface area contributed by atoms with Crippen molar-refractivity contribution in [2.75, 3.05) is 47.5 Å². The molecule has 79 heavy (non-hydrogen) atoms. The molecule has 9 heteroatoms. The molecule has 2 unspecified atom stereocenters. The number of unbranched alkanes of at least 4 members (excludes halogenated alkanes) is 25. The van der Waals surface area contributed by atoms with Crippen molar-refractivity contribution in [2.45, 2.75) is 270 Å². The van der Waals surface area contributed by atoms with E-state index in [1.165, 1.54) is 116 Å². The van der Waals surface area contributed by atoms with Gasteiger partial charge in [0.1, 0.15) is 13.2 Å². The molecule has 0 aromatic carbocycles. The average Bonchev–Trinajstić information content (AvgIpc) is 3.42. The van der Waals surface area contributed by atoms with Crippen LogP contribution in [0, 0.1) is 0 Å². The van der Waals surface area contributed by atoms with Gasteiger partial charge >= 0.3 is 17.9 Å². The minimum Gasteiger partial charge on any atom is -0.477 e. The van der Waals surface area contributed by atoms with Crippen molar-refractivity contribution in [2.24, 2.45) is 0 Å². The normalized spacial score (nSPS) is 13.5. The van der Waals surface area contributed by atoms with E-state index in [0.717, 1.165) is 116 Å². The van der Waals surface area contributed by atoms with Gasteiger partial charge in [0.15, 0.2) is 6.10 Å². The number of carboxylic acids is 1. The summed E-state index contributed by atoms with van der Waals surface area (Å²) in [5.41, 5.74) is 0. The number of quaternary nitrogens is 1. The van der Waals surface area contributed by atoms with Crippen molar-refractivity contribution in [1.82, 2.24) is 0 Å². The van der Waals surface area contributed by atoms with Crippen molar-refractivity contribution in [3.63, 3.8) is 0 Å². The first-order valence-corrected chi connectivity index (χ1v) is 32.1. The van der Waals surface area contributed by atoms with Gasteiger partial charge in [0.05, 0.1) is 34.4 Å². The molecule has 0 aromatic rings. The molecule has 9 nitrogen and oxygen atoms in total. The molecule has 452 valence electrons. The first-order valence-electron chi connectivity index (χ1n) is 32.1. The van der Waals surface area contributed by atoms with Gasteiger partial charge in [-0.25, -0.2) is 4.79 Å². The molecule has 0 saturated carbocycles. The molecule has 2 atom stereocenters. The standard InChI is InChI=1S/C70H119NO8/c1-6-8-10-12-14-16-18-20-22-23-24-25-26-27-28-29-30-31-32-33-34-35-36-37-38-39-40-41-42-43-44-45-47-49-51-53-55-57-59-61-68(73)79-66(65-78-70(69(74)75)76-63-62-71(3,4)5)64-77-67(72)60-58-56-54-52-50-48-46-21-19-17-15-13-11-9-7-2/h8-11,14-17,20-22,24-25,27-28,30-31,46,66,70H,6-7,12-13,18-19,23,26,29,32-45,47-65H2,1-5H3/p+1/b10-8-,11-9-,16-14-,17-15-,22-20-,25-24-,28-27-,31-30-,46-21-. The van der Waals surface area contributed by atoms with Gasteiger partial charge in [0.25, 0.3) is 6.29 Å². The summed E-state index contributed by atoms with van der Waals surface area (Å²) >= 11 is 0. The predicted molar refractivity (Wildman–Crippen MR) is 336 cm³/mol. The lowest BCUT2D eigenvalue weighted by atomic mass is 10.0. The van der Waals surface area contributed by atoms with E-state index >= 15 is 0 Å². The molecular weight excluding hydrogens is 983 g/mol. The van der Waals surface area contributed by atoms with Gasteiger partial charge in [-0.05, 0) is 96.3 Å². The van der Waals surface area contributed by atoms with Crippen LogP contribution in [0.3, 0.4) is 0 Å². The van der Waals surface area contributed by atoms with Crippen molar-refractivity contribution in [3.8, 4) is 0 Å². The first kappa shape index (κ1) is 75.0. The van der Waals surface area contributed by atoms with E-state index in [0.29, 0.717) is 11.0 Å². The summed E-state index contributed by atoms with van der Waals surface area (Å²) in [5, 5.41) is 9.71. The number of hydrogen-bond donors (Lipinski definition) is 1. The lowest BCUT2D eigenvalue weighted by Gasteiger charge is -2.25. The Morgan fingerprint density at radius 3 is 1.01 bits per heavy atom. The smallest absolute Gasteiger partial charge is 0.361 e. The molecule has 0 aliphatic rings. The zero-order chi connectivity index (χ0) is 57.6. The molecule has 0 rings (SSSR count). The number of esters is 2. The van der Waals surface area contributed by atoms with Crippen molar-refractivity contribution in [3.05, 3.63) is 109 Å². The fraction of sp³-hybridized carbons (Fsp3) is 0.700. The van der Waals surface area contributed by atoms with Crippen LogP contribution in [0.15, 0.2) is 109 Å². The lowest BCUT2D eigenvalue weighted by molar-refractivity contribution is -0.870. The summed E-state index contributed by atoms with van der Waals surface area (Å²) in [4.78, 5) is 37.4. The molecule has 0 aromatic heterocycles. The van der Waals surface area contributed by atoms with Crippen LogP contribution in [-0.2, 0) is 33.3 Å². The summed E-state index contributed by atoms with van der Waals surface area (Å²) in [6.07, 6.45) is 80.6. The molecule has 0 amide bonds. The molecule has 0 heterocycles. The fourth-order valence-electron chi connectivity index (χ4n) is 8.68. The molecule has 0 fully saturated rings. The van der Waals surface area contributed by atoms with E-state index in [9.17, 15) is 19.5 Å². The molecule has 1 N–H and O–H groups in total. The Kier molecular flexibility index (Phi) is 57.0. The lowest BCUT2D eigenvalue weighted by Crippen LogP contribution is -2.40. The third kappa shape index (κ3) is 61.4. The highest BCUT2D eigenvalue weighted by atomic mass is 16.7. The maximum absolute atomic E-state index is 12.9. The number of aliphatic carboxylic acids is 1. The summed E-state index contributed by atoms with van der Waals surface area (Å²) in [6, 6.07) is 0. The number of nitrogens with zero attached hydrogens (tertiary/aromatic N) is 1. The topological polar surface area (TPSA) is 108 Å². The second kappa shape index (κ2) is 60.1. The summed E-state index contributed by atoms with van der Waals surface area (Å²) < 4.78 is 22.9. The SMILES string of the molecule is CC/C=C\C/C=C\C/C=C\C/C=C\C/C=C\C/C=C\CCCCCCCCCCCCCCCCCCCCCCC(=O)OC(COC(=O)CCCCCCC/C=C\C/C=C\C/C=C\CC)COC(OCC[N+](C)(C)C)C(=O)O. The molecule has 0 radical (unpaired) electrons. The molecule has 0 saturated heterocycles. The Morgan fingerprint density at radius 1 is 0.380 bits per heavy atom. The minimum absolute atomic E-state index is 0.182. The van der Waals surface area contributed by atoms with Crippen LogP contribution in [-0.4, -0.2) is 87.4 Å². The average molecular weight is 1100 g/mol. The van der Waals surface area contributed by atoms with Crippen LogP contribution < -0.4 is 0 Å². The van der Waals surface area contributed by atoms with Crippen molar-refractivity contribution >= 4 is 17.9 Å². The van der Waals surface area contributed by atoms with E-state index in [1.54, 1.807) is 0 Å². The molecule has 0 spiro atoms. The third-order valence-electron chi connectivity index (χ3n) is 13.5. The molecule has 0 aliphatic heterocycles. The second-order valence-corrected chi connectivity index (χ2v) is 22.3. The minimum atomic E-state index is -1.52. The van der Waals surface area contributed by atoms with Gasteiger partial charge in [-0.15, -0.1) is 0 Å². The third-order valence-corrected chi connectivity index (χ3v) is 13.5. The Morgan fingerprint density at radius 2 is 0.684 bits per heavy atom. The predicted octanol–water partition coefficient (Wildman–Crippen LogP) is 19.5. The molecule has 0 bridgehead atoms. The van der Waals surface area contributed by atoms with Crippen LogP contribution in [0.25, 0.3) is 0 Å². The summed E-state index contributed by atoms with van der Waals surface area (Å²) in [5.74, 6) is -2.03. The number of carboxylic acid groups (broad SMARTS) is 1. The number of hydrogen-bond acceptors (Lipinski definition) is 7. The van der Waals surface area contributed by atoms with Crippen LogP contribution in [0.5, 0.6) is 0 Å². The number of allylic oxidation sites excluding steroid dienone is 18. The Balaban J connectivity index is 4.03. The van der Waals surface area contributed by atoms with Crippen LogP contribution >= 0.6 is 0 Å². The van der Waals surface area contributed by atoms with Gasteiger partial charge in [-0.1, -0.05) is 258 Å². The van der Waals surface area contributed by atoms with Gasteiger partial charge in [0, 0.05) is 12.8 Å². The highest BCUT2D eigenvalue weighted by molar-refractivity contribution is 5.71. The van der Waals surface area contributed by atoms with Gasteiger partial charge in [-0.3, -0.25) is 9.59 Å². The molecule has 0 aliphatic carbocycles. The Labute approximate surface area is 485 Å². The van der Waals surface area contributed by atoms with Crippen molar-refractivity contribution < 1.29 is 42.9 Å². The van der Waals surface area contributed by atoms with E-state index in [-0.39, 0.29) is 38.6 Å².